The number of carboxylic acids is 1. The summed E-state index contributed by atoms with van der Waals surface area (Å²) in [6.45, 7) is 0.156. The first-order chi connectivity index (χ1) is 17.0. The predicted molar refractivity (Wildman–Crippen MR) is 125 cm³/mol. The molecule has 1 fully saturated rings. The van der Waals surface area contributed by atoms with Crippen molar-refractivity contribution in [3.63, 3.8) is 0 Å². The topological polar surface area (TPSA) is 131 Å². The van der Waals surface area contributed by atoms with Crippen LogP contribution in [0.5, 0.6) is 0 Å². The van der Waals surface area contributed by atoms with Crippen LogP contribution in [0.1, 0.15) is 52.6 Å². The third-order valence-electron chi connectivity index (χ3n) is 6.41. The average molecular weight is 476 g/mol. The van der Waals surface area contributed by atoms with Crippen LogP contribution in [0.15, 0.2) is 59.1 Å². The van der Waals surface area contributed by atoms with Crippen LogP contribution in [0.25, 0.3) is 11.1 Å². The van der Waals surface area contributed by atoms with Gasteiger partial charge in [-0.1, -0.05) is 66.5 Å². The molecule has 3 aromatic rings. The van der Waals surface area contributed by atoms with Gasteiger partial charge in [-0.3, -0.25) is 4.79 Å². The molecule has 35 heavy (non-hydrogen) atoms. The number of nitrogens with one attached hydrogen (secondary N) is 2. The molecular weight excluding hydrogens is 450 g/mol. The number of aliphatic carboxylic acids is 1. The van der Waals surface area contributed by atoms with E-state index in [-0.39, 0.29) is 30.5 Å². The zero-order valence-electron chi connectivity index (χ0n) is 18.9. The number of aromatic nitrogens is 1. The molecule has 2 amide bonds. The molecule has 2 aliphatic rings. The van der Waals surface area contributed by atoms with Gasteiger partial charge in [0.15, 0.2) is 11.5 Å². The largest absolute Gasteiger partial charge is 0.480 e. The Morgan fingerprint density at radius 3 is 2.34 bits per heavy atom. The van der Waals surface area contributed by atoms with Gasteiger partial charge in [-0.05, 0) is 34.6 Å². The highest BCUT2D eigenvalue weighted by Crippen LogP contribution is 2.44. The van der Waals surface area contributed by atoms with Crippen molar-refractivity contribution >= 4 is 18.0 Å². The quantitative estimate of drug-likeness (QED) is 0.430. The van der Waals surface area contributed by atoms with Crippen molar-refractivity contribution in [2.75, 3.05) is 6.61 Å². The van der Waals surface area contributed by atoms with Gasteiger partial charge in [0.1, 0.15) is 12.6 Å². The van der Waals surface area contributed by atoms with Gasteiger partial charge in [0.05, 0.1) is 6.54 Å². The zero-order valence-corrected chi connectivity index (χ0v) is 18.9. The number of carbonyl (C=O) groups is 3. The highest BCUT2D eigenvalue weighted by atomic mass is 16.5. The number of hydrogen-bond donors (Lipinski definition) is 3. The number of fused-ring (bicyclic) bond motifs is 3. The second-order valence-corrected chi connectivity index (χ2v) is 8.90. The van der Waals surface area contributed by atoms with Crippen LogP contribution in [-0.2, 0) is 16.1 Å². The summed E-state index contributed by atoms with van der Waals surface area (Å²) in [5.74, 6) is -1.17. The summed E-state index contributed by atoms with van der Waals surface area (Å²) in [7, 11) is 0. The number of nitrogens with zero attached hydrogens (tertiary/aromatic N) is 1. The lowest BCUT2D eigenvalue weighted by Crippen LogP contribution is -2.41. The molecule has 2 aliphatic carbocycles. The van der Waals surface area contributed by atoms with Crippen molar-refractivity contribution in [3.05, 3.63) is 77.2 Å². The van der Waals surface area contributed by atoms with Gasteiger partial charge in [0, 0.05) is 12.0 Å². The van der Waals surface area contributed by atoms with Crippen LogP contribution >= 0.6 is 0 Å². The normalized spacial score (nSPS) is 15.1. The monoisotopic (exact) mass is 475 g/mol. The molecule has 0 saturated heterocycles. The number of ether oxygens (including phenoxy) is 1. The maximum absolute atomic E-state index is 12.4. The van der Waals surface area contributed by atoms with Crippen molar-refractivity contribution in [1.29, 1.82) is 0 Å². The summed E-state index contributed by atoms with van der Waals surface area (Å²) in [6, 6.07) is 16.6. The SMILES string of the molecule is O=C(NCc1cc(C(=O)NC(CC2CC2)C(=O)O)no1)OCC1c2ccccc2-c2ccccc21. The second-order valence-electron chi connectivity index (χ2n) is 8.90. The van der Waals surface area contributed by atoms with E-state index in [2.05, 4.69) is 27.9 Å². The van der Waals surface area contributed by atoms with E-state index < -0.39 is 24.0 Å². The fourth-order valence-corrected chi connectivity index (χ4v) is 4.45. The van der Waals surface area contributed by atoms with Crippen LogP contribution in [0.3, 0.4) is 0 Å². The van der Waals surface area contributed by atoms with Crippen molar-refractivity contribution in [3.8, 4) is 11.1 Å². The summed E-state index contributed by atoms with van der Waals surface area (Å²) in [6.07, 6.45) is 1.74. The van der Waals surface area contributed by atoms with Gasteiger partial charge in [-0.15, -0.1) is 0 Å². The molecule has 1 saturated carbocycles. The maximum Gasteiger partial charge on any atom is 0.407 e. The summed E-state index contributed by atoms with van der Waals surface area (Å²) in [5.41, 5.74) is 4.48. The van der Waals surface area contributed by atoms with Crippen LogP contribution in [-0.4, -0.2) is 40.9 Å². The zero-order chi connectivity index (χ0) is 24.4. The van der Waals surface area contributed by atoms with Gasteiger partial charge < -0.3 is 25.0 Å². The molecule has 0 bridgehead atoms. The fraction of sp³-hybridized carbons (Fsp3) is 0.308. The second kappa shape index (κ2) is 9.61. The minimum Gasteiger partial charge on any atom is -0.480 e. The Morgan fingerprint density at radius 1 is 1.06 bits per heavy atom. The number of hydrogen-bond acceptors (Lipinski definition) is 6. The lowest BCUT2D eigenvalue weighted by atomic mass is 9.98. The molecule has 0 radical (unpaired) electrons. The average Bonchev–Trinajstić information content (AvgIpc) is 3.45. The van der Waals surface area contributed by atoms with E-state index in [9.17, 15) is 19.5 Å². The van der Waals surface area contributed by atoms with Crippen molar-refractivity contribution in [1.82, 2.24) is 15.8 Å². The molecule has 1 unspecified atom stereocenters. The van der Waals surface area contributed by atoms with Crippen molar-refractivity contribution in [2.24, 2.45) is 5.92 Å². The molecule has 0 spiro atoms. The third-order valence-corrected chi connectivity index (χ3v) is 6.41. The van der Waals surface area contributed by atoms with Crippen molar-refractivity contribution < 1.29 is 28.8 Å². The molecule has 180 valence electrons. The number of amides is 2. The Kier molecular flexibility index (Phi) is 6.22. The third kappa shape index (κ3) is 5.03. The Hall–Kier alpha value is -4.14. The summed E-state index contributed by atoms with van der Waals surface area (Å²) in [4.78, 5) is 36.1. The summed E-state index contributed by atoms with van der Waals surface area (Å²) >= 11 is 0. The van der Waals surface area contributed by atoms with E-state index in [4.69, 9.17) is 9.26 Å². The molecule has 5 rings (SSSR count). The van der Waals surface area contributed by atoms with Crippen LogP contribution in [0.2, 0.25) is 0 Å². The molecule has 9 nitrogen and oxygen atoms in total. The molecule has 0 aliphatic heterocycles. The smallest absolute Gasteiger partial charge is 0.407 e. The molecular formula is C26H25N3O6. The van der Waals surface area contributed by atoms with E-state index >= 15 is 0 Å². The van der Waals surface area contributed by atoms with Crippen LogP contribution in [0.4, 0.5) is 4.79 Å². The lowest BCUT2D eigenvalue weighted by Gasteiger charge is -2.14. The van der Waals surface area contributed by atoms with Gasteiger partial charge >= 0.3 is 12.1 Å². The minimum atomic E-state index is -1.08. The van der Waals surface area contributed by atoms with Crippen LogP contribution < -0.4 is 10.6 Å². The number of carboxylic acid groups (broad SMARTS) is 1. The summed E-state index contributed by atoms with van der Waals surface area (Å²) < 4.78 is 10.6. The highest BCUT2D eigenvalue weighted by Gasteiger charge is 2.31. The lowest BCUT2D eigenvalue weighted by molar-refractivity contribution is -0.139. The van der Waals surface area contributed by atoms with Gasteiger partial charge in [-0.25, -0.2) is 9.59 Å². The molecule has 1 aromatic heterocycles. The van der Waals surface area contributed by atoms with E-state index in [1.807, 2.05) is 36.4 Å². The highest BCUT2D eigenvalue weighted by molar-refractivity contribution is 5.94. The Bertz CT molecular complexity index is 1220. The molecule has 2 aromatic carbocycles. The fourth-order valence-electron chi connectivity index (χ4n) is 4.45. The number of benzene rings is 2. The molecule has 1 atom stereocenters. The maximum atomic E-state index is 12.4. The molecule has 3 N–H and O–H groups in total. The first kappa shape index (κ1) is 22.6. The minimum absolute atomic E-state index is 0.0264. The number of carbonyl (C=O) groups excluding carboxylic acids is 2. The number of alkyl carbamates (subject to hydrolysis) is 1. The first-order valence-corrected chi connectivity index (χ1v) is 11.6. The Balaban J connectivity index is 1.13. The first-order valence-electron chi connectivity index (χ1n) is 11.6. The standard InChI is InChI=1S/C26H25N3O6/c30-24(28-23(25(31)32)11-15-9-10-15)22-12-16(35-29-22)13-27-26(33)34-14-21-19-7-3-1-5-17(19)18-6-2-4-8-20(18)21/h1-8,12,15,21,23H,9-11,13-14H2,(H,27,33)(H,28,30)(H,31,32). The molecule has 9 heteroatoms. The van der Waals surface area contributed by atoms with Gasteiger partial charge in [0.25, 0.3) is 5.91 Å². The van der Waals surface area contributed by atoms with Crippen LogP contribution in [0, 0.1) is 5.92 Å². The molecule has 1 heterocycles. The van der Waals surface area contributed by atoms with Gasteiger partial charge in [0.2, 0.25) is 0 Å². The Labute approximate surface area is 201 Å². The van der Waals surface area contributed by atoms with Crippen molar-refractivity contribution in [2.45, 2.75) is 37.8 Å². The van der Waals surface area contributed by atoms with E-state index in [0.29, 0.717) is 12.3 Å². The van der Waals surface area contributed by atoms with Gasteiger partial charge in [-0.2, -0.15) is 0 Å². The summed E-state index contributed by atoms with van der Waals surface area (Å²) in [5, 5.41) is 18.1. The van der Waals surface area contributed by atoms with E-state index in [1.165, 1.54) is 6.07 Å². The van der Waals surface area contributed by atoms with E-state index in [1.54, 1.807) is 0 Å². The predicted octanol–water partition coefficient (Wildman–Crippen LogP) is 3.70. The number of rotatable bonds is 9. The van der Waals surface area contributed by atoms with E-state index in [0.717, 1.165) is 35.1 Å². The Morgan fingerprint density at radius 2 is 1.71 bits per heavy atom.